The number of ether oxygens (including phenoxy) is 1. The SMILES string of the molecule is O=C(/C=C/c1cccc([N+](=O)[O-])c1)NCc1ccc(OC(F)(F)F)cc1. The third kappa shape index (κ3) is 6.27. The highest BCUT2D eigenvalue weighted by atomic mass is 19.4. The minimum Gasteiger partial charge on any atom is -0.406 e. The van der Waals surface area contributed by atoms with Crippen molar-refractivity contribution in [2.45, 2.75) is 12.9 Å². The number of carbonyl (C=O) groups is 1. The molecule has 0 unspecified atom stereocenters. The van der Waals surface area contributed by atoms with Crippen molar-refractivity contribution in [3.8, 4) is 5.75 Å². The summed E-state index contributed by atoms with van der Waals surface area (Å²) in [6.07, 6.45) is -2.13. The van der Waals surface area contributed by atoms with E-state index in [9.17, 15) is 28.1 Å². The molecule has 0 aliphatic heterocycles. The Labute approximate surface area is 146 Å². The van der Waals surface area contributed by atoms with Gasteiger partial charge in [-0.2, -0.15) is 0 Å². The zero-order valence-electron chi connectivity index (χ0n) is 13.2. The molecule has 1 amide bonds. The van der Waals surface area contributed by atoms with Crippen LogP contribution in [-0.4, -0.2) is 17.2 Å². The molecule has 6 nitrogen and oxygen atoms in total. The van der Waals surface area contributed by atoms with Crippen LogP contribution in [0, 0.1) is 10.1 Å². The molecule has 2 rings (SSSR count). The number of hydrogen-bond acceptors (Lipinski definition) is 4. The van der Waals surface area contributed by atoms with Crippen molar-refractivity contribution in [3.63, 3.8) is 0 Å². The lowest BCUT2D eigenvalue weighted by molar-refractivity contribution is -0.384. The fourth-order valence-electron chi connectivity index (χ4n) is 1.97. The summed E-state index contributed by atoms with van der Waals surface area (Å²) in [7, 11) is 0. The van der Waals surface area contributed by atoms with Crippen LogP contribution in [0.2, 0.25) is 0 Å². The Hall–Kier alpha value is -3.36. The molecule has 0 aliphatic rings. The first-order chi connectivity index (χ1) is 12.2. The lowest BCUT2D eigenvalue weighted by Crippen LogP contribution is -2.20. The van der Waals surface area contributed by atoms with E-state index in [4.69, 9.17) is 0 Å². The predicted molar refractivity (Wildman–Crippen MR) is 87.1 cm³/mol. The van der Waals surface area contributed by atoms with Gasteiger partial charge in [-0.1, -0.05) is 24.3 Å². The first-order valence-corrected chi connectivity index (χ1v) is 7.28. The maximum Gasteiger partial charge on any atom is 0.573 e. The number of nitro benzene ring substituents is 1. The summed E-state index contributed by atoms with van der Waals surface area (Å²) in [6, 6.07) is 10.8. The molecule has 0 aromatic heterocycles. The van der Waals surface area contributed by atoms with Crippen molar-refractivity contribution in [2.24, 2.45) is 0 Å². The number of rotatable bonds is 6. The average Bonchev–Trinajstić information content (AvgIpc) is 2.58. The van der Waals surface area contributed by atoms with Crippen LogP contribution in [0.15, 0.2) is 54.6 Å². The van der Waals surface area contributed by atoms with Crippen molar-refractivity contribution in [2.75, 3.05) is 0 Å². The smallest absolute Gasteiger partial charge is 0.406 e. The van der Waals surface area contributed by atoms with Crippen molar-refractivity contribution < 1.29 is 27.6 Å². The molecule has 1 N–H and O–H groups in total. The number of amides is 1. The number of alkyl halides is 3. The number of halogens is 3. The zero-order chi connectivity index (χ0) is 19.2. The highest BCUT2D eigenvalue weighted by Gasteiger charge is 2.30. The van der Waals surface area contributed by atoms with Crippen LogP contribution >= 0.6 is 0 Å². The fourth-order valence-corrected chi connectivity index (χ4v) is 1.97. The summed E-state index contributed by atoms with van der Waals surface area (Å²) >= 11 is 0. The third-order valence-electron chi connectivity index (χ3n) is 3.13. The number of nitrogens with zero attached hydrogens (tertiary/aromatic N) is 1. The lowest BCUT2D eigenvalue weighted by atomic mass is 10.2. The maximum absolute atomic E-state index is 12.1. The van der Waals surface area contributed by atoms with Crippen LogP contribution in [0.5, 0.6) is 5.75 Å². The largest absolute Gasteiger partial charge is 0.573 e. The Kier molecular flexibility index (Phi) is 5.94. The molecule has 0 aliphatic carbocycles. The van der Waals surface area contributed by atoms with Gasteiger partial charge in [-0.25, -0.2) is 0 Å². The third-order valence-corrected chi connectivity index (χ3v) is 3.13. The first kappa shape index (κ1) is 19.0. The van der Waals surface area contributed by atoms with Gasteiger partial charge in [-0.15, -0.1) is 13.2 Å². The van der Waals surface area contributed by atoms with Crippen LogP contribution in [0.4, 0.5) is 18.9 Å². The molecule has 0 atom stereocenters. The summed E-state index contributed by atoms with van der Waals surface area (Å²) in [4.78, 5) is 21.9. The monoisotopic (exact) mass is 366 g/mol. The summed E-state index contributed by atoms with van der Waals surface area (Å²) < 4.78 is 39.9. The normalized spacial score (nSPS) is 11.3. The van der Waals surface area contributed by atoms with Gasteiger partial charge < -0.3 is 10.1 Å². The van der Waals surface area contributed by atoms with Gasteiger partial charge in [0.15, 0.2) is 0 Å². The van der Waals surface area contributed by atoms with Crippen LogP contribution < -0.4 is 10.1 Å². The number of nitrogens with one attached hydrogen (secondary N) is 1. The Morgan fingerprint density at radius 1 is 1.19 bits per heavy atom. The van der Waals surface area contributed by atoms with Crippen molar-refractivity contribution in [3.05, 3.63) is 75.8 Å². The summed E-state index contributed by atoms with van der Waals surface area (Å²) in [5.41, 5.74) is 0.980. The van der Waals surface area contributed by atoms with E-state index in [1.54, 1.807) is 6.07 Å². The van der Waals surface area contributed by atoms with Gasteiger partial charge in [0.2, 0.25) is 5.91 Å². The number of carbonyl (C=O) groups excluding carboxylic acids is 1. The van der Waals surface area contributed by atoms with Crippen molar-refractivity contribution in [1.29, 1.82) is 0 Å². The molecule has 2 aromatic rings. The molecule has 0 heterocycles. The summed E-state index contributed by atoms with van der Waals surface area (Å²) in [5.74, 6) is -0.801. The van der Waals surface area contributed by atoms with E-state index in [0.717, 1.165) is 12.1 Å². The molecule has 0 radical (unpaired) electrons. The van der Waals surface area contributed by atoms with Gasteiger partial charge >= 0.3 is 6.36 Å². The van der Waals surface area contributed by atoms with Gasteiger partial charge in [-0.3, -0.25) is 14.9 Å². The first-order valence-electron chi connectivity index (χ1n) is 7.28. The molecule has 136 valence electrons. The molecular weight excluding hydrogens is 353 g/mol. The van der Waals surface area contributed by atoms with E-state index in [2.05, 4.69) is 10.1 Å². The van der Waals surface area contributed by atoms with Gasteiger partial charge in [0, 0.05) is 24.8 Å². The number of non-ortho nitro benzene ring substituents is 1. The molecule has 0 saturated heterocycles. The van der Waals surface area contributed by atoms with E-state index in [-0.39, 0.29) is 18.0 Å². The number of benzene rings is 2. The molecular formula is C17H13F3N2O4. The highest BCUT2D eigenvalue weighted by Crippen LogP contribution is 2.22. The quantitative estimate of drug-likeness (QED) is 0.479. The van der Waals surface area contributed by atoms with Crippen molar-refractivity contribution >= 4 is 17.7 Å². The van der Waals surface area contributed by atoms with Crippen molar-refractivity contribution in [1.82, 2.24) is 5.32 Å². The summed E-state index contributed by atoms with van der Waals surface area (Å²) in [5, 5.41) is 13.2. The van der Waals surface area contributed by atoms with E-state index in [1.165, 1.54) is 42.5 Å². The van der Waals surface area contributed by atoms with Gasteiger partial charge in [0.1, 0.15) is 5.75 Å². The maximum atomic E-state index is 12.1. The highest BCUT2D eigenvalue weighted by molar-refractivity contribution is 5.91. The van der Waals surface area contributed by atoms with Crippen LogP contribution in [0.25, 0.3) is 6.08 Å². The van der Waals surface area contributed by atoms with Gasteiger partial charge in [-0.05, 0) is 29.3 Å². The molecule has 9 heteroatoms. The van der Waals surface area contributed by atoms with Crippen LogP contribution in [-0.2, 0) is 11.3 Å². The van der Waals surface area contributed by atoms with Crippen LogP contribution in [0.3, 0.4) is 0 Å². The average molecular weight is 366 g/mol. The molecule has 0 fully saturated rings. The summed E-state index contributed by atoms with van der Waals surface area (Å²) in [6.45, 7) is 0.102. The molecule has 26 heavy (non-hydrogen) atoms. The molecule has 0 saturated carbocycles. The zero-order valence-corrected chi connectivity index (χ0v) is 13.2. The molecule has 0 bridgehead atoms. The second-order valence-corrected chi connectivity index (χ2v) is 5.09. The minimum atomic E-state index is -4.76. The Bertz CT molecular complexity index is 818. The van der Waals surface area contributed by atoms with Gasteiger partial charge in [0.05, 0.1) is 4.92 Å². The second-order valence-electron chi connectivity index (χ2n) is 5.09. The standard InChI is InChI=1S/C17H13F3N2O4/c18-17(19,20)26-15-7-4-13(5-8-15)11-21-16(23)9-6-12-2-1-3-14(10-12)22(24)25/h1-10H,11H2,(H,21,23)/b9-6+. The molecule has 0 spiro atoms. The number of hydrogen-bond donors (Lipinski definition) is 1. The van der Waals surface area contributed by atoms with E-state index in [0.29, 0.717) is 11.1 Å². The Morgan fingerprint density at radius 3 is 2.50 bits per heavy atom. The molecule has 2 aromatic carbocycles. The fraction of sp³-hybridized carbons (Fsp3) is 0.118. The van der Waals surface area contributed by atoms with E-state index < -0.39 is 17.2 Å². The Balaban J connectivity index is 1.88. The number of nitro groups is 1. The van der Waals surface area contributed by atoms with E-state index in [1.807, 2.05) is 0 Å². The lowest BCUT2D eigenvalue weighted by Gasteiger charge is -2.09. The predicted octanol–water partition coefficient (Wildman–Crippen LogP) is 3.82. The minimum absolute atomic E-state index is 0.0891. The second kappa shape index (κ2) is 8.15. The van der Waals surface area contributed by atoms with Crippen LogP contribution in [0.1, 0.15) is 11.1 Å². The topological polar surface area (TPSA) is 81.5 Å². The van der Waals surface area contributed by atoms with E-state index >= 15 is 0 Å². The Morgan fingerprint density at radius 2 is 1.88 bits per heavy atom. The van der Waals surface area contributed by atoms with Gasteiger partial charge in [0.25, 0.3) is 5.69 Å².